The number of para-hydroxylation sites is 1. The van der Waals surface area contributed by atoms with Crippen molar-refractivity contribution in [2.24, 2.45) is 0 Å². The number of nitrogens with one attached hydrogen (secondary N) is 2. The van der Waals surface area contributed by atoms with E-state index >= 15 is 0 Å². The van der Waals surface area contributed by atoms with Gasteiger partial charge in [0.25, 0.3) is 11.8 Å². The summed E-state index contributed by atoms with van der Waals surface area (Å²) in [6.45, 7) is 0. The Bertz CT molecular complexity index is 1280. The highest BCUT2D eigenvalue weighted by Crippen LogP contribution is 2.24. The zero-order chi connectivity index (χ0) is 21.8. The first-order valence-electron chi connectivity index (χ1n) is 9.32. The monoisotopic (exact) mass is 432 g/mol. The van der Waals surface area contributed by atoms with Crippen LogP contribution in [0.5, 0.6) is 5.75 Å². The van der Waals surface area contributed by atoms with Crippen molar-refractivity contribution in [1.82, 2.24) is 20.8 Å². The normalized spacial score (nSPS) is 10.5. The van der Waals surface area contributed by atoms with Crippen LogP contribution in [0.15, 0.2) is 72.9 Å². The molecule has 0 bridgehead atoms. The average molecular weight is 433 g/mol. The molecule has 7 nitrogen and oxygen atoms in total. The number of hydrogen-bond donors (Lipinski definition) is 2. The molecule has 2 aromatic heterocycles. The fraction of sp³-hybridized carbons (Fsp3) is 0.0435. The number of fused-ring (bicyclic) bond motifs is 1. The Labute approximate surface area is 183 Å². The maximum atomic E-state index is 13.0. The summed E-state index contributed by atoms with van der Waals surface area (Å²) >= 11 is 5.98. The summed E-state index contributed by atoms with van der Waals surface area (Å²) in [6.07, 6.45) is 1.66. The van der Waals surface area contributed by atoms with Crippen LogP contribution in [-0.4, -0.2) is 28.9 Å². The molecule has 0 fully saturated rings. The van der Waals surface area contributed by atoms with E-state index in [0.717, 1.165) is 0 Å². The fourth-order valence-electron chi connectivity index (χ4n) is 3.11. The molecule has 0 atom stereocenters. The summed E-state index contributed by atoms with van der Waals surface area (Å²) in [4.78, 5) is 34.5. The lowest BCUT2D eigenvalue weighted by Crippen LogP contribution is -2.41. The molecule has 2 amide bonds. The molecule has 4 rings (SSSR count). The van der Waals surface area contributed by atoms with Crippen LogP contribution in [0.25, 0.3) is 22.3 Å². The van der Waals surface area contributed by atoms with Gasteiger partial charge in [0.05, 0.1) is 35.1 Å². The predicted octanol–water partition coefficient (Wildman–Crippen LogP) is 4.03. The number of methoxy groups -OCH3 is 1. The minimum Gasteiger partial charge on any atom is -0.496 e. The minimum atomic E-state index is -0.559. The van der Waals surface area contributed by atoms with Gasteiger partial charge in [-0.25, -0.2) is 4.98 Å². The number of hydrazine groups is 1. The highest BCUT2D eigenvalue weighted by atomic mass is 35.5. The van der Waals surface area contributed by atoms with Gasteiger partial charge in [-0.3, -0.25) is 25.4 Å². The van der Waals surface area contributed by atoms with E-state index in [2.05, 4.69) is 20.8 Å². The molecule has 2 N–H and O–H groups in total. The number of rotatable bonds is 4. The zero-order valence-corrected chi connectivity index (χ0v) is 17.2. The van der Waals surface area contributed by atoms with Crippen molar-refractivity contribution in [2.45, 2.75) is 0 Å². The van der Waals surface area contributed by atoms with Crippen molar-refractivity contribution in [3.8, 4) is 17.1 Å². The molecule has 0 aliphatic carbocycles. The van der Waals surface area contributed by atoms with Gasteiger partial charge in [-0.2, -0.15) is 0 Å². The van der Waals surface area contributed by atoms with Crippen molar-refractivity contribution in [1.29, 1.82) is 0 Å². The lowest BCUT2D eigenvalue weighted by Gasteiger charge is -2.12. The molecule has 0 saturated heterocycles. The lowest BCUT2D eigenvalue weighted by atomic mass is 10.1. The van der Waals surface area contributed by atoms with Crippen LogP contribution in [0.2, 0.25) is 5.02 Å². The number of benzene rings is 2. The highest BCUT2D eigenvalue weighted by Gasteiger charge is 2.17. The van der Waals surface area contributed by atoms with Gasteiger partial charge in [0.15, 0.2) is 0 Å². The van der Waals surface area contributed by atoms with E-state index < -0.39 is 11.8 Å². The first-order valence-corrected chi connectivity index (χ1v) is 9.70. The predicted molar refractivity (Wildman–Crippen MR) is 118 cm³/mol. The largest absolute Gasteiger partial charge is 0.496 e. The van der Waals surface area contributed by atoms with Crippen LogP contribution < -0.4 is 15.6 Å². The summed E-state index contributed by atoms with van der Waals surface area (Å²) in [5, 5.41) is 1.02. The first-order chi connectivity index (χ1) is 15.1. The number of carbonyl (C=O) groups is 2. The van der Waals surface area contributed by atoms with Crippen molar-refractivity contribution in [3.63, 3.8) is 0 Å². The number of hydrogen-bond acceptors (Lipinski definition) is 5. The second-order valence-electron chi connectivity index (χ2n) is 6.54. The van der Waals surface area contributed by atoms with Crippen LogP contribution in [0.1, 0.15) is 20.7 Å². The van der Waals surface area contributed by atoms with Gasteiger partial charge in [-0.1, -0.05) is 35.9 Å². The third-order valence-electron chi connectivity index (χ3n) is 4.58. The minimum absolute atomic E-state index is 0.198. The summed E-state index contributed by atoms with van der Waals surface area (Å²) in [5.74, 6) is -0.718. The summed E-state index contributed by atoms with van der Waals surface area (Å²) in [6, 6.07) is 19.0. The third-order valence-corrected chi connectivity index (χ3v) is 4.82. The van der Waals surface area contributed by atoms with Gasteiger partial charge < -0.3 is 4.74 Å². The summed E-state index contributed by atoms with van der Waals surface area (Å²) in [7, 11) is 1.45. The van der Waals surface area contributed by atoms with Crippen LogP contribution in [0.3, 0.4) is 0 Å². The quantitative estimate of drug-likeness (QED) is 0.475. The summed E-state index contributed by atoms with van der Waals surface area (Å²) < 4.78 is 5.19. The Hall–Kier alpha value is -3.97. The first kappa shape index (κ1) is 20.3. The van der Waals surface area contributed by atoms with Crippen molar-refractivity contribution in [2.75, 3.05) is 7.11 Å². The number of amides is 2. The number of nitrogens with zero attached hydrogens (tertiary/aromatic N) is 2. The van der Waals surface area contributed by atoms with E-state index in [4.69, 9.17) is 16.3 Å². The van der Waals surface area contributed by atoms with Crippen LogP contribution in [-0.2, 0) is 0 Å². The number of pyridine rings is 2. The SMILES string of the molecule is COc1ccc(Cl)cc1C(=O)NNC(=O)c1cc(-c2ccccn2)nc2ccccc12. The maximum absolute atomic E-state index is 13.0. The topological polar surface area (TPSA) is 93.2 Å². The van der Waals surface area contributed by atoms with Gasteiger partial charge in [-0.05, 0) is 42.5 Å². The van der Waals surface area contributed by atoms with E-state index in [9.17, 15) is 9.59 Å². The van der Waals surface area contributed by atoms with Gasteiger partial charge in [0, 0.05) is 16.6 Å². The van der Waals surface area contributed by atoms with E-state index in [1.54, 1.807) is 36.5 Å². The Balaban J connectivity index is 1.63. The number of ether oxygens (including phenoxy) is 1. The van der Waals surface area contributed by atoms with E-state index in [-0.39, 0.29) is 5.56 Å². The zero-order valence-electron chi connectivity index (χ0n) is 16.4. The number of aromatic nitrogens is 2. The average Bonchev–Trinajstić information content (AvgIpc) is 2.82. The van der Waals surface area contributed by atoms with Crippen LogP contribution >= 0.6 is 11.6 Å². The molecule has 0 aliphatic rings. The van der Waals surface area contributed by atoms with E-state index in [1.165, 1.54) is 13.2 Å². The molecule has 0 unspecified atom stereocenters. The van der Waals surface area contributed by atoms with Crippen molar-refractivity contribution in [3.05, 3.63) is 89.1 Å². The van der Waals surface area contributed by atoms with Crippen molar-refractivity contribution >= 4 is 34.3 Å². The Morgan fingerprint density at radius 1 is 0.871 bits per heavy atom. The Morgan fingerprint density at radius 2 is 1.61 bits per heavy atom. The smallest absolute Gasteiger partial charge is 0.273 e. The van der Waals surface area contributed by atoms with E-state index in [1.807, 2.05) is 30.3 Å². The summed E-state index contributed by atoms with van der Waals surface area (Å²) in [5.41, 5.74) is 7.23. The van der Waals surface area contributed by atoms with Crippen molar-refractivity contribution < 1.29 is 14.3 Å². The molecule has 4 aromatic rings. The second kappa shape index (κ2) is 8.81. The maximum Gasteiger partial charge on any atom is 0.273 e. The molecule has 0 radical (unpaired) electrons. The number of halogens is 1. The standard InChI is InChI=1S/C23H17ClN4O3/c1-31-21-10-9-14(24)12-17(21)23(30)28-27-22(29)16-13-20(19-8-4-5-11-25-19)26-18-7-3-2-6-15(16)18/h2-13H,1H3,(H,27,29)(H,28,30). The molecule has 0 saturated carbocycles. The second-order valence-corrected chi connectivity index (χ2v) is 6.98. The van der Waals surface area contributed by atoms with Crippen LogP contribution in [0, 0.1) is 0 Å². The molecule has 0 aliphatic heterocycles. The molecular weight excluding hydrogens is 416 g/mol. The molecule has 8 heteroatoms. The molecule has 2 aromatic carbocycles. The molecule has 2 heterocycles. The fourth-order valence-corrected chi connectivity index (χ4v) is 3.29. The Morgan fingerprint density at radius 3 is 2.35 bits per heavy atom. The molecule has 0 spiro atoms. The third kappa shape index (κ3) is 4.31. The van der Waals surface area contributed by atoms with E-state index in [0.29, 0.717) is 38.6 Å². The van der Waals surface area contributed by atoms with Gasteiger partial charge in [-0.15, -0.1) is 0 Å². The molecule has 31 heavy (non-hydrogen) atoms. The van der Waals surface area contributed by atoms with Crippen LogP contribution in [0.4, 0.5) is 0 Å². The lowest BCUT2D eigenvalue weighted by molar-refractivity contribution is 0.0846. The van der Waals surface area contributed by atoms with Gasteiger partial charge >= 0.3 is 0 Å². The van der Waals surface area contributed by atoms with Gasteiger partial charge in [0.1, 0.15) is 5.75 Å². The Kier molecular flexibility index (Phi) is 5.77. The molecular formula is C23H17ClN4O3. The van der Waals surface area contributed by atoms with Gasteiger partial charge in [0.2, 0.25) is 0 Å². The molecule has 154 valence electrons. The highest BCUT2D eigenvalue weighted by molar-refractivity contribution is 6.31. The number of carbonyl (C=O) groups excluding carboxylic acids is 2.